The molecule has 0 aliphatic rings. The molecule has 8 heteroatoms. The fourth-order valence-electron chi connectivity index (χ4n) is 8.83. The number of rotatable bonds is 7. The average molecular weight is 835 g/mol. The lowest BCUT2D eigenvalue weighted by Gasteiger charge is -2.11. The summed E-state index contributed by atoms with van der Waals surface area (Å²) in [5.41, 5.74) is 13.0. The number of para-hydroxylation sites is 4. The fraction of sp³-hybridized carbons (Fsp3) is 0. The normalized spacial score (nSPS) is 11.7. The minimum absolute atomic E-state index is 0.546. The Labute approximate surface area is 371 Å². The van der Waals surface area contributed by atoms with Gasteiger partial charge in [-0.1, -0.05) is 115 Å². The third-order valence-electron chi connectivity index (χ3n) is 12.1. The predicted molar refractivity (Wildman–Crippen MR) is 259 cm³/mol. The first kappa shape index (κ1) is 36.6. The van der Waals surface area contributed by atoms with Crippen LogP contribution in [0.3, 0.4) is 0 Å². The molecule has 0 N–H and O–H groups in total. The van der Waals surface area contributed by atoms with Crippen molar-refractivity contribution in [2.45, 2.75) is 0 Å². The van der Waals surface area contributed by atoms with Crippen LogP contribution < -0.4 is 0 Å². The maximum absolute atomic E-state index is 6.09. The van der Waals surface area contributed by atoms with E-state index in [-0.39, 0.29) is 0 Å². The first-order valence-corrected chi connectivity index (χ1v) is 21.5. The quantitative estimate of drug-likeness (QED) is 0.158. The molecule has 0 atom stereocenters. The van der Waals surface area contributed by atoms with Gasteiger partial charge in [-0.05, 0) is 113 Å². The topological polar surface area (TPSA) is 95.7 Å². The second-order valence-electron chi connectivity index (χ2n) is 16.1. The Morgan fingerprint density at radius 2 is 0.754 bits per heavy atom. The molecule has 9 aromatic carbocycles. The second kappa shape index (κ2) is 14.8. The molecule has 13 aromatic rings. The lowest BCUT2D eigenvalue weighted by atomic mass is 10.0. The molecule has 0 unspecified atom stereocenters. The van der Waals surface area contributed by atoms with Gasteiger partial charge in [0, 0.05) is 44.3 Å². The zero-order valence-electron chi connectivity index (χ0n) is 34.6. The molecule has 0 amide bonds. The molecular formula is C57H34N6O2. The Morgan fingerprint density at radius 3 is 1.34 bits per heavy atom. The van der Waals surface area contributed by atoms with E-state index in [4.69, 9.17) is 33.8 Å². The first-order chi connectivity index (χ1) is 32.1. The van der Waals surface area contributed by atoms with Crippen LogP contribution >= 0.6 is 0 Å². The van der Waals surface area contributed by atoms with Crippen molar-refractivity contribution in [3.05, 3.63) is 206 Å². The van der Waals surface area contributed by atoms with Crippen molar-refractivity contribution in [3.8, 4) is 73.9 Å². The Hall–Kier alpha value is -9.01. The van der Waals surface area contributed by atoms with E-state index in [9.17, 15) is 0 Å². The van der Waals surface area contributed by atoms with Crippen LogP contribution in [0.15, 0.2) is 215 Å². The smallest absolute Gasteiger partial charge is 0.227 e. The zero-order valence-corrected chi connectivity index (χ0v) is 34.6. The molecule has 8 nitrogen and oxygen atoms in total. The highest BCUT2D eigenvalue weighted by Crippen LogP contribution is 2.38. The molecule has 4 heterocycles. The van der Waals surface area contributed by atoms with Crippen LogP contribution in [0, 0.1) is 0 Å². The summed E-state index contributed by atoms with van der Waals surface area (Å²) in [5, 5.41) is 4.61. The van der Waals surface area contributed by atoms with Gasteiger partial charge in [0.25, 0.3) is 0 Å². The van der Waals surface area contributed by atoms with E-state index < -0.39 is 0 Å². The molecule has 0 fully saturated rings. The molecule has 0 aliphatic heterocycles. The Morgan fingerprint density at radius 1 is 0.308 bits per heavy atom. The maximum atomic E-state index is 6.09. The lowest BCUT2D eigenvalue weighted by molar-refractivity contribution is 0.619. The predicted octanol–water partition coefficient (Wildman–Crippen LogP) is 14.4. The Bertz CT molecular complexity index is 3720. The van der Waals surface area contributed by atoms with Crippen molar-refractivity contribution in [2.24, 2.45) is 0 Å². The van der Waals surface area contributed by atoms with Crippen molar-refractivity contribution >= 4 is 54.8 Å². The first-order valence-electron chi connectivity index (χ1n) is 21.5. The van der Waals surface area contributed by atoms with Crippen LogP contribution in [-0.2, 0) is 0 Å². The van der Waals surface area contributed by atoms with Gasteiger partial charge in [-0.2, -0.15) is 0 Å². The standard InChI is InChI=1S/C57H34N6O2/c1-2-10-35(11-3-1)36-26-29-44(30-27-36)63-49-31-28-43(33-45(49)46-32-41-12-4-5-13-42(41)34-50(46)63)55-61-53(37-18-22-39(23-19-37)56-58-47-14-6-8-16-51(47)64-56)60-54(62-55)38-20-24-40(25-21-38)57-59-48-15-7-9-17-52(48)65-57/h1-34H. The number of aromatic nitrogens is 6. The Balaban J connectivity index is 0.950. The number of nitrogens with zero attached hydrogens (tertiary/aromatic N) is 6. The van der Waals surface area contributed by atoms with Crippen LogP contribution in [0.25, 0.3) is 129 Å². The van der Waals surface area contributed by atoms with Crippen LogP contribution in [0.2, 0.25) is 0 Å². The van der Waals surface area contributed by atoms with E-state index in [1.54, 1.807) is 0 Å². The number of oxazole rings is 2. The van der Waals surface area contributed by atoms with Crippen molar-refractivity contribution in [1.82, 2.24) is 29.5 Å². The van der Waals surface area contributed by atoms with Crippen molar-refractivity contribution in [3.63, 3.8) is 0 Å². The molecule has 0 bridgehead atoms. The summed E-state index contributed by atoms with van der Waals surface area (Å²) in [6.07, 6.45) is 0. The van der Waals surface area contributed by atoms with E-state index in [0.717, 1.165) is 77.5 Å². The van der Waals surface area contributed by atoms with E-state index in [2.05, 4.69) is 108 Å². The highest BCUT2D eigenvalue weighted by Gasteiger charge is 2.19. The third kappa shape index (κ3) is 6.43. The van der Waals surface area contributed by atoms with Crippen molar-refractivity contribution < 1.29 is 8.83 Å². The van der Waals surface area contributed by atoms with Gasteiger partial charge in [0.1, 0.15) is 11.0 Å². The summed E-state index contributed by atoms with van der Waals surface area (Å²) in [4.78, 5) is 24.9. The summed E-state index contributed by atoms with van der Waals surface area (Å²) in [5.74, 6) is 2.77. The highest BCUT2D eigenvalue weighted by molar-refractivity contribution is 6.14. The maximum Gasteiger partial charge on any atom is 0.227 e. The monoisotopic (exact) mass is 834 g/mol. The summed E-state index contributed by atoms with van der Waals surface area (Å²) in [7, 11) is 0. The van der Waals surface area contributed by atoms with Crippen molar-refractivity contribution in [2.75, 3.05) is 0 Å². The number of hydrogen-bond donors (Lipinski definition) is 0. The fourth-order valence-corrected chi connectivity index (χ4v) is 8.83. The molecule has 0 saturated heterocycles. The molecule has 304 valence electrons. The number of fused-ring (bicyclic) bond motifs is 6. The number of benzene rings is 9. The minimum atomic E-state index is 0.546. The van der Waals surface area contributed by atoms with E-state index in [1.807, 2.05) is 103 Å². The third-order valence-corrected chi connectivity index (χ3v) is 12.1. The van der Waals surface area contributed by atoms with Crippen LogP contribution in [0.5, 0.6) is 0 Å². The molecule has 13 rings (SSSR count). The van der Waals surface area contributed by atoms with Gasteiger partial charge in [0.15, 0.2) is 28.6 Å². The van der Waals surface area contributed by atoms with Crippen LogP contribution in [-0.4, -0.2) is 29.5 Å². The largest absolute Gasteiger partial charge is 0.436 e. The summed E-state index contributed by atoms with van der Waals surface area (Å²) >= 11 is 0. The summed E-state index contributed by atoms with van der Waals surface area (Å²) < 4.78 is 14.5. The average Bonchev–Trinajstić information content (AvgIpc) is 4.10. The number of hydrogen-bond acceptors (Lipinski definition) is 7. The lowest BCUT2D eigenvalue weighted by Crippen LogP contribution is -2.00. The van der Waals surface area contributed by atoms with E-state index in [1.165, 1.54) is 21.9 Å². The van der Waals surface area contributed by atoms with E-state index in [0.29, 0.717) is 29.3 Å². The molecule has 0 radical (unpaired) electrons. The van der Waals surface area contributed by atoms with Gasteiger partial charge in [-0.15, -0.1) is 0 Å². The van der Waals surface area contributed by atoms with Crippen LogP contribution in [0.4, 0.5) is 0 Å². The summed E-state index contributed by atoms with van der Waals surface area (Å²) in [6, 6.07) is 70.5. The van der Waals surface area contributed by atoms with Crippen LogP contribution in [0.1, 0.15) is 0 Å². The SMILES string of the molecule is c1ccc(-c2ccc(-n3c4ccc(-c5nc(-c6ccc(-c7nc8ccccc8o7)cc6)nc(-c6ccc(-c7nc8ccccc8o7)cc6)n5)cc4c4cc5ccccc5cc43)cc2)cc1. The molecule has 0 aliphatic carbocycles. The minimum Gasteiger partial charge on any atom is -0.436 e. The van der Waals surface area contributed by atoms with E-state index >= 15 is 0 Å². The van der Waals surface area contributed by atoms with Gasteiger partial charge >= 0.3 is 0 Å². The zero-order chi connectivity index (χ0) is 42.8. The van der Waals surface area contributed by atoms with Crippen molar-refractivity contribution in [1.29, 1.82) is 0 Å². The molecule has 0 saturated carbocycles. The molecule has 0 spiro atoms. The van der Waals surface area contributed by atoms with Gasteiger partial charge in [-0.3, -0.25) is 0 Å². The van der Waals surface area contributed by atoms with Gasteiger partial charge in [0.05, 0.1) is 11.0 Å². The van der Waals surface area contributed by atoms with Gasteiger partial charge in [-0.25, -0.2) is 24.9 Å². The summed E-state index contributed by atoms with van der Waals surface area (Å²) in [6.45, 7) is 0. The highest BCUT2D eigenvalue weighted by atomic mass is 16.4. The van der Waals surface area contributed by atoms with Gasteiger partial charge < -0.3 is 13.4 Å². The Kier molecular flexibility index (Phi) is 8.35. The van der Waals surface area contributed by atoms with Gasteiger partial charge in [0.2, 0.25) is 11.8 Å². The molecule has 65 heavy (non-hydrogen) atoms. The molecule has 4 aromatic heterocycles. The second-order valence-corrected chi connectivity index (χ2v) is 16.1. The molecular weight excluding hydrogens is 801 g/mol.